The van der Waals surface area contributed by atoms with Crippen LogP contribution in [0.1, 0.15) is 50.0 Å². The van der Waals surface area contributed by atoms with E-state index in [1.807, 2.05) is 6.07 Å². The van der Waals surface area contributed by atoms with Crippen LogP contribution in [0.5, 0.6) is 0 Å². The van der Waals surface area contributed by atoms with E-state index in [0.29, 0.717) is 6.42 Å². The number of hydrogen-bond acceptors (Lipinski definition) is 4. The van der Waals surface area contributed by atoms with Gasteiger partial charge in [-0.2, -0.15) is 0 Å². The molecule has 2 unspecified atom stereocenters. The van der Waals surface area contributed by atoms with Gasteiger partial charge in [0.25, 0.3) is 0 Å². The molecule has 1 aromatic rings. The van der Waals surface area contributed by atoms with Crippen molar-refractivity contribution >= 4 is 21.9 Å². The number of pyridine rings is 1. The zero-order valence-electron chi connectivity index (χ0n) is 11.9. The minimum absolute atomic E-state index is 0.0361. The number of nitrogens with zero attached hydrogens (tertiary/aromatic N) is 1. The van der Waals surface area contributed by atoms with Crippen LogP contribution in [0.15, 0.2) is 16.7 Å². The van der Waals surface area contributed by atoms with Crippen molar-refractivity contribution in [1.82, 2.24) is 4.98 Å². The fourth-order valence-electron chi connectivity index (χ4n) is 2.61. The SMILES string of the molecule is CCc1nc(Br)ccc1C1CCCC(CC(=O)OC)O1. The van der Waals surface area contributed by atoms with Gasteiger partial charge in [0.05, 0.1) is 25.7 Å². The molecule has 1 fully saturated rings. The van der Waals surface area contributed by atoms with Crippen molar-refractivity contribution in [2.75, 3.05) is 7.11 Å². The van der Waals surface area contributed by atoms with Crippen LogP contribution in [0.3, 0.4) is 0 Å². The smallest absolute Gasteiger partial charge is 0.308 e. The van der Waals surface area contributed by atoms with E-state index in [-0.39, 0.29) is 18.2 Å². The number of hydrogen-bond donors (Lipinski definition) is 0. The lowest BCUT2D eigenvalue weighted by Crippen LogP contribution is -2.26. The van der Waals surface area contributed by atoms with Crippen molar-refractivity contribution in [3.05, 3.63) is 28.0 Å². The van der Waals surface area contributed by atoms with Gasteiger partial charge in [0, 0.05) is 11.3 Å². The van der Waals surface area contributed by atoms with Gasteiger partial charge in [0.2, 0.25) is 0 Å². The summed E-state index contributed by atoms with van der Waals surface area (Å²) < 4.78 is 11.6. The van der Waals surface area contributed by atoms with E-state index in [1.54, 1.807) is 0 Å². The lowest BCUT2D eigenvalue weighted by Gasteiger charge is -2.30. The van der Waals surface area contributed by atoms with Crippen molar-refractivity contribution in [2.24, 2.45) is 0 Å². The second-order valence-electron chi connectivity index (χ2n) is 4.98. The van der Waals surface area contributed by atoms with Crippen LogP contribution >= 0.6 is 15.9 Å². The Morgan fingerprint density at radius 2 is 2.30 bits per heavy atom. The number of carbonyl (C=O) groups is 1. The summed E-state index contributed by atoms with van der Waals surface area (Å²) in [6.07, 6.45) is 4.15. The first-order valence-electron chi connectivity index (χ1n) is 7.01. The Bertz CT molecular complexity index is 478. The Hall–Kier alpha value is -0.940. The van der Waals surface area contributed by atoms with Gasteiger partial charge in [-0.05, 0) is 47.7 Å². The second kappa shape index (κ2) is 7.18. The number of ether oxygens (including phenoxy) is 2. The predicted molar refractivity (Wildman–Crippen MR) is 79.4 cm³/mol. The predicted octanol–water partition coefficient (Wildman–Crippen LogP) is 3.58. The zero-order chi connectivity index (χ0) is 14.5. The maximum absolute atomic E-state index is 11.4. The normalized spacial score (nSPS) is 22.6. The van der Waals surface area contributed by atoms with Crippen molar-refractivity contribution < 1.29 is 14.3 Å². The number of carbonyl (C=O) groups excluding carboxylic acids is 1. The number of aryl methyl sites for hydroxylation is 1. The third-order valence-corrected chi connectivity index (χ3v) is 4.07. The molecule has 0 saturated carbocycles. The van der Waals surface area contributed by atoms with Crippen molar-refractivity contribution in [1.29, 1.82) is 0 Å². The van der Waals surface area contributed by atoms with Crippen LogP contribution in [0.4, 0.5) is 0 Å². The number of methoxy groups -OCH3 is 1. The highest BCUT2D eigenvalue weighted by Crippen LogP contribution is 2.34. The Morgan fingerprint density at radius 3 is 3.00 bits per heavy atom. The van der Waals surface area contributed by atoms with Crippen molar-refractivity contribution in [3.8, 4) is 0 Å². The largest absolute Gasteiger partial charge is 0.469 e. The van der Waals surface area contributed by atoms with E-state index in [4.69, 9.17) is 9.47 Å². The molecule has 0 aliphatic carbocycles. The van der Waals surface area contributed by atoms with Crippen LogP contribution in [0.25, 0.3) is 0 Å². The number of halogens is 1. The van der Waals surface area contributed by atoms with Crippen LogP contribution in [-0.4, -0.2) is 24.2 Å². The molecule has 1 saturated heterocycles. The molecule has 0 N–H and O–H groups in total. The first-order valence-corrected chi connectivity index (χ1v) is 7.81. The fourth-order valence-corrected chi connectivity index (χ4v) is 2.96. The Labute approximate surface area is 128 Å². The quantitative estimate of drug-likeness (QED) is 0.620. The average Bonchev–Trinajstić information content (AvgIpc) is 2.47. The van der Waals surface area contributed by atoms with E-state index in [2.05, 4.69) is 33.9 Å². The van der Waals surface area contributed by atoms with E-state index < -0.39 is 0 Å². The van der Waals surface area contributed by atoms with Crippen molar-refractivity contribution in [3.63, 3.8) is 0 Å². The molecular weight excluding hydrogens is 322 g/mol. The molecule has 2 atom stereocenters. The van der Waals surface area contributed by atoms with Crippen LogP contribution in [0, 0.1) is 0 Å². The molecule has 0 amide bonds. The standard InChI is InChI=1S/C15H20BrNO3/c1-3-12-11(7-8-14(16)17-12)13-6-4-5-10(20-13)9-15(18)19-2/h7-8,10,13H,3-6,9H2,1-2H3. The van der Waals surface area contributed by atoms with Crippen LogP contribution < -0.4 is 0 Å². The van der Waals surface area contributed by atoms with Gasteiger partial charge in [0.15, 0.2) is 0 Å². The molecule has 0 bridgehead atoms. The molecule has 0 aromatic carbocycles. The summed E-state index contributed by atoms with van der Waals surface area (Å²) in [6.45, 7) is 2.09. The van der Waals surface area contributed by atoms with Crippen LogP contribution in [0.2, 0.25) is 0 Å². The maximum atomic E-state index is 11.4. The molecule has 1 aliphatic heterocycles. The summed E-state index contributed by atoms with van der Waals surface area (Å²) >= 11 is 3.40. The minimum atomic E-state index is -0.208. The van der Waals surface area contributed by atoms with Gasteiger partial charge < -0.3 is 9.47 Å². The maximum Gasteiger partial charge on any atom is 0.308 e. The summed E-state index contributed by atoms with van der Waals surface area (Å²) in [6, 6.07) is 4.02. The summed E-state index contributed by atoms with van der Waals surface area (Å²) in [4.78, 5) is 15.9. The van der Waals surface area contributed by atoms with E-state index >= 15 is 0 Å². The third kappa shape index (κ3) is 3.79. The summed E-state index contributed by atoms with van der Waals surface area (Å²) in [5.41, 5.74) is 2.20. The van der Waals surface area contributed by atoms with Gasteiger partial charge in [0.1, 0.15) is 4.60 Å². The number of rotatable bonds is 4. The van der Waals surface area contributed by atoms with Crippen LogP contribution in [-0.2, 0) is 20.7 Å². The third-order valence-electron chi connectivity index (χ3n) is 3.63. The molecule has 0 radical (unpaired) electrons. The number of aromatic nitrogens is 1. The molecule has 1 aliphatic rings. The minimum Gasteiger partial charge on any atom is -0.469 e. The molecule has 2 rings (SSSR count). The monoisotopic (exact) mass is 341 g/mol. The van der Waals surface area contributed by atoms with Gasteiger partial charge in [-0.25, -0.2) is 4.98 Å². The molecule has 4 nitrogen and oxygen atoms in total. The molecule has 1 aromatic heterocycles. The first-order chi connectivity index (χ1) is 9.63. The van der Waals surface area contributed by atoms with E-state index in [9.17, 15) is 4.79 Å². The lowest BCUT2D eigenvalue weighted by molar-refractivity contribution is -0.147. The van der Waals surface area contributed by atoms with Gasteiger partial charge in [-0.3, -0.25) is 4.79 Å². The van der Waals surface area contributed by atoms with Crippen molar-refractivity contribution in [2.45, 2.75) is 51.2 Å². The highest BCUT2D eigenvalue weighted by atomic mass is 79.9. The fraction of sp³-hybridized carbons (Fsp3) is 0.600. The van der Waals surface area contributed by atoms with Gasteiger partial charge in [-0.1, -0.05) is 13.0 Å². The van der Waals surface area contributed by atoms with Gasteiger partial charge in [-0.15, -0.1) is 0 Å². The Kier molecular flexibility index (Phi) is 5.54. The first kappa shape index (κ1) is 15.4. The Morgan fingerprint density at radius 1 is 1.50 bits per heavy atom. The highest BCUT2D eigenvalue weighted by molar-refractivity contribution is 9.10. The number of esters is 1. The zero-order valence-corrected chi connectivity index (χ0v) is 13.5. The molecule has 5 heteroatoms. The van der Waals surface area contributed by atoms with E-state index in [0.717, 1.165) is 41.5 Å². The molecule has 110 valence electrons. The topological polar surface area (TPSA) is 48.4 Å². The summed E-state index contributed by atoms with van der Waals surface area (Å²) in [5.74, 6) is -0.208. The van der Waals surface area contributed by atoms with Gasteiger partial charge >= 0.3 is 5.97 Å². The Balaban J connectivity index is 2.10. The summed E-state index contributed by atoms with van der Waals surface area (Å²) in [7, 11) is 1.41. The average molecular weight is 342 g/mol. The molecule has 2 heterocycles. The lowest BCUT2D eigenvalue weighted by atomic mass is 9.95. The molecule has 0 spiro atoms. The summed E-state index contributed by atoms with van der Waals surface area (Å²) in [5, 5.41) is 0. The van der Waals surface area contributed by atoms with E-state index in [1.165, 1.54) is 7.11 Å². The molecule has 20 heavy (non-hydrogen) atoms. The molecular formula is C15H20BrNO3. The second-order valence-corrected chi connectivity index (χ2v) is 5.79. The highest BCUT2D eigenvalue weighted by Gasteiger charge is 2.27.